The highest BCUT2D eigenvalue weighted by Crippen LogP contribution is 2.20. The summed E-state index contributed by atoms with van der Waals surface area (Å²) in [6.45, 7) is 4.99. The van der Waals surface area contributed by atoms with Gasteiger partial charge in [-0.3, -0.25) is 9.59 Å². The van der Waals surface area contributed by atoms with E-state index in [-0.39, 0.29) is 18.5 Å². The van der Waals surface area contributed by atoms with Crippen LogP contribution in [0.25, 0.3) is 0 Å². The minimum Gasteiger partial charge on any atom is -0.466 e. The highest BCUT2D eigenvalue weighted by atomic mass is 16.5. The van der Waals surface area contributed by atoms with Gasteiger partial charge in [0.25, 0.3) is 0 Å². The lowest BCUT2D eigenvalue weighted by atomic mass is 10.0. The third kappa shape index (κ3) is 73.0. The van der Waals surface area contributed by atoms with E-state index in [4.69, 9.17) is 4.74 Å². The standard InChI is InChI=1S/C81H155NO5/c1-3-5-7-9-11-13-15-17-19-20-40-44-47-51-55-59-63-67-71-75-81(86)87-76-72-68-64-60-56-52-48-45-42-39-37-35-33-31-29-27-25-23-21-22-24-26-28-30-32-34-36-38-41-43-46-50-54-58-62-66-70-74-80(85)82-78(77-83)79(84)73-69-65-61-57-53-49-18-16-14-12-10-8-6-4-2/h17,19,21,23,27,29,78-79,83-84H,3-16,18,20,22,24-26,28,30-77H2,1-2H3,(H,82,85)/b19-17-,23-21-,29-27-. The SMILES string of the molecule is CCCCCCCC/C=C\CCCCCCCCCCCC(=O)OCCCCCCCCCCCCCCC/C=C\C/C=C\CCCCCCCCCCCCCCCCCCCC(=O)NC(CO)C(O)CCCCCCCCCCCCCCCC. The van der Waals surface area contributed by atoms with Crippen molar-refractivity contribution in [3.8, 4) is 0 Å². The van der Waals surface area contributed by atoms with Crippen LogP contribution in [0, 0.1) is 0 Å². The molecule has 0 aromatic rings. The maximum absolute atomic E-state index is 12.5. The zero-order valence-corrected chi connectivity index (χ0v) is 59.0. The second kappa shape index (κ2) is 76.5. The highest BCUT2D eigenvalue weighted by molar-refractivity contribution is 5.76. The average molecular weight is 1220 g/mol. The van der Waals surface area contributed by atoms with Gasteiger partial charge in [0.05, 0.1) is 25.4 Å². The average Bonchev–Trinajstić information content (AvgIpc) is 3.53. The van der Waals surface area contributed by atoms with E-state index in [9.17, 15) is 19.8 Å². The highest BCUT2D eigenvalue weighted by Gasteiger charge is 2.20. The lowest BCUT2D eigenvalue weighted by Gasteiger charge is -2.22. The van der Waals surface area contributed by atoms with Crippen LogP contribution in [0.5, 0.6) is 0 Å². The lowest BCUT2D eigenvalue weighted by molar-refractivity contribution is -0.143. The van der Waals surface area contributed by atoms with Gasteiger partial charge in [0.1, 0.15) is 0 Å². The number of carbonyl (C=O) groups excluding carboxylic acids is 2. The van der Waals surface area contributed by atoms with E-state index >= 15 is 0 Å². The fraction of sp³-hybridized carbons (Fsp3) is 0.901. The molecular formula is C81H155NO5. The van der Waals surface area contributed by atoms with Crippen LogP contribution >= 0.6 is 0 Å². The van der Waals surface area contributed by atoms with Crippen LogP contribution in [0.15, 0.2) is 36.5 Å². The molecule has 3 N–H and O–H groups in total. The first-order chi connectivity index (χ1) is 43.0. The number of hydrogen-bond donors (Lipinski definition) is 3. The Kier molecular flexibility index (Phi) is 74.8. The molecule has 2 atom stereocenters. The zero-order valence-electron chi connectivity index (χ0n) is 59.0. The topological polar surface area (TPSA) is 95.9 Å². The van der Waals surface area contributed by atoms with Crippen LogP contribution in [0.2, 0.25) is 0 Å². The Morgan fingerprint density at radius 3 is 0.885 bits per heavy atom. The van der Waals surface area contributed by atoms with E-state index in [0.717, 1.165) is 44.9 Å². The van der Waals surface area contributed by atoms with E-state index < -0.39 is 12.1 Å². The summed E-state index contributed by atoms with van der Waals surface area (Å²) >= 11 is 0. The molecule has 0 fully saturated rings. The smallest absolute Gasteiger partial charge is 0.305 e. The predicted molar refractivity (Wildman–Crippen MR) is 384 cm³/mol. The number of hydrogen-bond acceptors (Lipinski definition) is 5. The summed E-state index contributed by atoms with van der Waals surface area (Å²) in [5, 5.41) is 23.3. The number of carbonyl (C=O) groups is 2. The summed E-state index contributed by atoms with van der Waals surface area (Å²) in [7, 11) is 0. The third-order valence-electron chi connectivity index (χ3n) is 18.7. The van der Waals surface area contributed by atoms with Gasteiger partial charge in [0, 0.05) is 12.8 Å². The second-order valence-corrected chi connectivity index (χ2v) is 27.4. The molecule has 0 saturated carbocycles. The van der Waals surface area contributed by atoms with Crippen molar-refractivity contribution in [2.24, 2.45) is 0 Å². The number of aliphatic hydroxyl groups is 2. The maximum atomic E-state index is 12.5. The van der Waals surface area contributed by atoms with E-state index in [1.165, 1.54) is 366 Å². The van der Waals surface area contributed by atoms with Gasteiger partial charge in [-0.05, 0) is 83.5 Å². The second-order valence-electron chi connectivity index (χ2n) is 27.4. The minimum atomic E-state index is -0.662. The Morgan fingerprint density at radius 1 is 0.322 bits per heavy atom. The Labute approximate surface area is 544 Å². The molecule has 0 saturated heterocycles. The molecule has 0 aromatic carbocycles. The molecule has 0 aliphatic rings. The van der Waals surface area contributed by atoms with Crippen LogP contribution in [-0.2, 0) is 14.3 Å². The van der Waals surface area contributed by atoms with Crippen molar-refractivity contribution in [2.75, 3.05) is 13.2 Å². The molecule has 2 unspecified atom stereocenters. The number of rotatable bonds is 75. The number of esters is 1. The molecule has 0 radical (unpaired) electrons. The fourth-order valence-electron chi connectivity index (χ4n) is 12.6. The predicted octanol–water partition coefficient (Wildman–Crippen LogP) is 26.2. The lowest BCUT2D eigenvalue weighted by Crippen LogP contribution is -2.45. The number of aliphatic hydroxyl groups excluding tert-OH is 2. The summed E-state index contributed by atoms with van der Waals surface area (Å²) in [4.78, 5) is 24.6. The van der Waals surface area contributed by atoms with Crippen molar-refractivity contribution in [2.45, 2.75) is 456 Å². The molecule has 0 aromatic heterocycles. The van der Waals surface area contributed by atoms with Gasteiger partial charge in [-0.25, -0.2) is 0 Å². The molecule has 1 amide bonds. The van der Waals surface area contributed by atoms with Gasteiger partial charge in [0.15, 0.2) is 0 Å². The van der Waals surface area contributed by atoms with Gasteiger partial charge in [-0.2, -0.15) is 0 Å². The number of nitrogens with one attached hydrogen (secondary N) is 1. The summed E-state index contributed by atoms with van der Waals surface area (Å²) in [6.07, 6.45) is 99.6. The van der Waals surface area contributed by atoms with Crippen LogP contribution in [0.4, 0.5) is 0 Å². The molecule has 514 valence electrons. The van der Waals surface area contributed by atoms with Gasteiger partial charge in [-0.15, -0.1) is 0 Å². The molecule has 0 aliphatic heterocycles. The van der Waals surface area contributed by atoms with Crippen LogP contribution in [-0.4, -0.2) is 47.4 Å². The van der Waals surface area contributed by atoms with Crippen LogP contribution < -0.4 is 5.32 Å². The normalized spacial score (nSPS) is 12.6. The summed E-state index contributed by atoms with van der Waals surface area (Å²) < 4.78 is 5.52. The largest absolute Gasteiger partial charge is 0.466 e. The Bertz CT molecular complexity index is 1410. The zero-order chi connectivity index (χ0) is 62.8. The first kappa shape index (κ1) is 85.1. The van der Waals surface area contributed by atoms with E-state index in [0.29, 0.717) is 25.9 Å². The van der Waals surface area contributed by atoms with Crippen LogP contribution in [0.1, 0.15) is 444 Å². The summed E-state index contributed by atoms with van der Waals surface area (Å²) in [5.41, 5.74) is 0. The summed E-state index contributed by atoms with van der Waals surface area (Å²) in [6, 6.07) is -0.539. The Hall–Kier alpha value is -1.92. The summed E-state index contributed by atoms with van der Waals surface area (Å²) in [5.74, 6) is -0.0104. The Balaban J connectivity index is 3.34. The number of amides is 1. The van der Waals surface area contributed by atoms with Crippen LogP contribution in [0.3, 0.4) is 0 Å². The van der Waals surface area contributed by atoms with E-state index in [1.54, 1.807) is 0 Å². The number of allylic oxidation sites excluding steroid dienone is 6. The maximum Gasteiger partial charge on any atom is 0.305 e. The quantitative estimate of drug-likeness (QED) is 0.0320. The third-order valence-corrected chi connectivity index (χ3v) is 18.7. The van der Waals surface area contributed by atoms with Gasteiger partial charge in [0.2, 0.25) is 5.91 Å². The minimum absolute atomic E-state index is 0.0191. The molecule has 6 heteroatoms. The van der Waals surface area contributed by atoms with Gasteiger partial charge < -0.3 is 20.3 Å². The van der Waals surface area contributed by atoms with Crippen molar-refractivity contribution in [1.29, 1.82) is 0 Å². The molecule has 0 rings (SSSR count). The van der Waals surface area contributed by atoms with Crippen molar-refractivity contribution in [3.05, 3.63) is 36.5 Å². The molecule has 0 spiro atoms. The molecular weight excluding hydrogens is 1070 g/mol. The molecule has 0 heterocycles. The van der Waals surface area contributed by atoms with Crippen molar-refractivity contribution >= 4 is 11.9 Å². The first-order valence-electron chi connectivity index (χ1n) is 39.7. The molecule has 6 nitrogen and oxygen atoms in total. The monoisotopic (exact) mass is 1220 g/mol. The van der Waals surface area contributed by atoms with Crippen molar-refractivity contribution < 1.29 is 24.5 Å². The molecule has 0 aliphatic carbocycles. The molecule has 87 heavy (non-hydrogen) atoms. The van der Waals surface area contributed by atoms with E-state index in [2.05, 4.69) is 55.6 Å². The van der Waals surface area contributed by atoms with Gasteiger partial charge in [-0.1, -0.05) is 384 Å². The van der Waals surface area contributed by atoms with Gasteiger partial charge >= 0.3 is 5.97 Å². The first-order valence-corrected chi connectivity index (χ1v) is 39.7. The Morgan fingerprint density at radius 2 is 0.575 bits per heavy atom. The number of unbranched alkanes of at least 4 members (excludes halogenated alkanes) is 58. The molecule has 0 bridgehead atoms. The van der Waals surface area contributed by atoms with Crippen molar-refractivity contribution in [1.82, 2.24) is 5.32 Å². The number of ether oxygens (including phenoxy) is 1. The van der Waals surface area contributed by atoms with Crippen molar-refractivity contribution in [3.63, 3.8) is 0 Å². The fourth-order valence-corrected chi connectivity index (χ4v) is 12.6. The van der Waals surface area contributed by atoms with E-state index in [1.807, 2.05) is 0 Å².